The van der Waals surface area contributed by atoms with Crippen LogP contribution < -0.4 is 11.1 Å². The van der Waals surface area contributed by atoms with Crippen LogP contribution in [0.4, 0.5) is 0 Å². The topological polar surface area (TPSA) is 63.3 Å². The standard InChI is InChI=1S/C9H14N4/c1-7(13-9(10)11-2)8-4-3-5-12-6-8/h3-7H,1-2H3,(H3,10,11,13). The molecule has 0 saturated heterocycles. The molecule has 1 atom stereocenters. The van der Waals surface area contributed by atoms with Crippen LogP contribution >= 0.6 is 0 Å². The molecule has 4 nitrogen and oxygen atoms in total. The van der Waals surface area contributed by atoms with Crippen molar-refractivity contribution in [2.24, 2.45) is 10.7 Å². The minimum absolute atomic E-state index is 0.136. The second-order valence-corrected chi connectivity index (χ2v) is 2.76. The molecule has 0 aliphatic rings. The van der Waals surface area contributed by atoms with E-state index in [0.29, 0.717) is 5.96 Å². The van der Waals surface area contributed by atoms with E-state index in [-0.39, 0.29) is 6.04 Å². The SMILES string of the molecule is CN=C(N)NC(C)c1cccnc1. The van der Waals surface area contributed by atoms with E-state index in [1.54, 1.807) is 19.4 Å². The predicted molar refractivity (Wildman–Crippen MR) is 53.3 cm³/mol. The van der Waals surface area contributed by atoms with Crippen molar-refractivity contribution in [1.82, 2.24) is 10.3 Å². The van der Waals surface area contributed by atoms with Crippen LogP contribution in [0.5, 0.6) is 0 Å². The molecule has 0 aromatic carbocycles. The Morgan fingerprint density at radius 1 is 1.69 bits per heavy atom. The molecule has 0 fully saturated rings. The number of guanidine groups is 1. The highest BCUT2D eigenvalue weighted by molar-refractivity contribution is 5.78. The number of nitrogens with one attached hydrogen (secondary N) is 1. The van der Waals surface area contributed by atoms with Crippen LogP contribution in [0.2, 0.25) is 0 Å². The van der Waals surface area contributed by atoms with Gasteiger partial charge >= 0.3 is 0 Å². The monoisotopic (exact) mass is 178 g/mol. The van der Waals surface area contributed by atoms with E-state index in [9.17, 15) is 0 Å². The third-order valence-corrected chi connectivity index (χ3v) is 1.79. The first-order chi connectivity index (χ1) is 6.24. The van der Waals surface area contributed by atoms with E-state index in [1.165, 1.54) is 0 Å². The molecule has 0 amide bonds. The Morgan fingerprint density at radius 2 is 2.46 bits per heavy atom. The van der Waals surface area contributed by atoms with Crippen molar-refractivity contribution in [3.05, 3.63) is 30.1 Å². The number of nitrogens with zero attached hydrogens (tertiary/aromatic N) is 2. The third-order valence-electron chi connectivity index (χ3n) is 1.79. The van der Waals surface area contributed by atoms with E-state index >= 15 is 0 Å². The fourth-order valence-electron chi connectivity index (χ4n) is 1.00. The van der Waals surface area contributed by atoms with E-state index in [1.807, 2.05) is 19.1 Å². The zero-order valence-electron chi connectivity index (χ0n) is 7.86. The van der Waals surface area contributed by atoms with Gasteiger partial charge in [-0.3, -0.25) is 9.98 Å². The molecule has 0 spiro atoms. The van der Waals surface area contributed by atoms with Gasteiger partial charge in [0.1, 0.15) is 0 Å². The fraction of sp³-hybridized carbons (Fsp3) is 0.333. The van der Waals surface area contributed by atoms with Gasteiger partial charge < -0.3 is 11.1 Å². The molecular formula is C9H14N4. The zero-order chi connectivity index (χ0) is 9.68. The maximum Gasteiger partial charge on any atom is 0.188 e. The molecule has 1 rings (SSSR count). The van der Waals surface area contributed by atoms with Crippen LogP contribution in [0, 0.1) is 0 Å². The smallest absolute Gasteiger partial charge is 0.188 e. The van der Waals surface area contributed by atoms with Gasteiger partial charge in [-0.15, -0.1) is 0 Å². The molecule has 0 bridgehead atoms. The minimum Gasteiger partial charge on any atom is -0.370 e. The fourth-order valence-corrected chi connectivity index (χ4v) is 1.00. The van der Waals surface area contributed by atoms with E-state index < -0.39 is 0 Å². The maximum absolute atomic E-state index is 5.53. The Hall–Kier alpha value is -1.58. The van der Waals surface area contributed by atoms with E-state index in [4.69, 9.17) is 5.73 Å². The Bertz CT molecular complexity index is 281. The van der Waals surface area contributed by atoms with Crippen molar-refractivity contribution in [2.45, 2.75) is 13.0 Å². The predicted octanol–water partition coefficient (Wildman–Crippen LogP) is 0.677. The summed E-state index contributed by atoms with van der Waals surface area (Å²) >= 11 is 0. The van der Waals surface area contributed by atoms with Gasteiger partial charge in [-0.1, -0.05) is 6.07 Å². The van der Waals surface area contributed by atoms with Crippen LogP contribution in [0.1, 0.15) is 18.5 Å². The van der Waals surface area contributed by atoms with Gasteiger partial charge in [-0.2, -0.15) is 0 Å². The molecule has 1 unspecified atom stereocenters. The molecule has 0 saturated carbocycles. The quantitative estimate of drug-likeness (QED) is 0.517. The highest BCUT2D eigenvalue weighted by Gasteiger charge is 2.04. The molecule has 70 valence electrons. The number of hydrogen-bond acceptors (Lipinski definition) is 2. The van der Waals surface area contributed by atoms with Crippen molar-refractivity contribution in [3.63, 3.8) is 0 Å². The van der Waals surface area contributed by atoms with Gasteiger partial charge in [0.05, 0.1) is 6.04 Å². The van der Waals surface area contributed by atoms with Crippen LogP contribution in [0.25, 0.3) is 0 Å². The lowest BCUT2D eigenvalue weighted by Crippen LogP contribution is -2.33. The Morgan fingerprint density at radius 3 is 3.00 bits per heavy atom. The van der Waals surface area contributed by atoms with Crippen LogP contribution in [-0.4, -0.2) is 18.0 Å². The Balaban J connectivity index is 2.64. The van der Waals surface area contributed by atoms with E-state index in [0.717, 1.165) is 5.56 Å². The lowest BCUT2D eigenvalue weighted by molar-refractivity contribution is 0.707. The first kappa shape index (κ1) is 9.51. The van der Waals surface area contributed by atoms with Crippen molar-refractivity contribution in [3.8, 4) is 0 Å². The lowest BCUT2D eigenvalue weighted by Gasteiger charge is -2.13. The van der Waals surface area contributed by atoms with Crippen molar-refractivity contribution in [2.75, 3.05) is 7.05 Å². The Labute approximate surface area is 77.9 Å². The Kier molecular flexibility index (Phi) is 3.25. The molecule has 3 N–H and O–H groups in total. The molecule has 0 radical (unpaired) electrons. The molecule has 0 aliphatic carbocycles. The maximum atomic E-state index is 5.53. The number of hydrogen-bond donors (Lipinski definition) is 2. The third kappa shape index (κ3) is 2.74. The molecule has 1 heterocycles. The summed E-state index contributed by atoms with van der Waals surface area (Å²) in [4.78, 5) is 7.84. The summed E-state index contributed by atoms with van der Waals surface area (Å²) in [5, 5.41) is 3.03. The van der Waals surface area contributed by atoms with Gasteiger partial charge in [-0.25, -0.2) is 0 Å². The average molecular weight is 178 g/mol. The van der Waals surface area contributed by atoms with Gasteiger partial charge in [0.15, 0.2) is 5.96 Å². The zero-order valence-corrected chi connectivity index (χ0v) is 7.86. The normalized spacial score (nSPS) is 13.8. The first-order valence-electron chi connectivity index (χ1n) is 4.12. The van der Waals surface area contributed by atoms with Crippen LogP contribution in [-0.2, 0) is 0 Å². The van der Waals surface area contributed by atoms with E-state index in [2.05, 4.69) is 15.3 Å². The molecule has 1 aromatic rings. The molecule has 13 heavy (non-hydrogen) atoms. The number of rotatable bonds is 2. The number of pyridine rings is 1. The average Bonchev–Trinajstić information content (AvgIpc) is 2.19. The summed E-state index contributed by atoms with van der Waals surface area (Å²) in [6, 6.07) is 4.03. The summed E-state index contributed by atoms with van der Waals surface area (Å²) in [6.07, 6.45) is 3.55. The summed E-state index contributed by atoms with van der Waals surface area (Å²) < 4.78 is 0. The number of aliphatic imine (C=N–C) groups is 1. The number of aromatic nitrogens is 1. The van der Waals surface area contributed by atoms with Crippen LogP contribution in [0.3, 0.4) is 0 Å². The second-order valence-electron chi connectivity index (χ2n) is 2.76. The molecule has 4 heteroatoms. The summed E-state index contributed by atoms with van der Waals surface area (Å²) in [5.41, 5.74) is 6.62. The molecule has 1 aromatic heterocycles. The van der Waals surface area contributed by atoms with Crippen LogP contribution in [0.15, 0.2) is 29.5 Å². The summed E-state index contributed by atoms with van der Waals surface area (Å²) in [5.74, 6) is 0.441. The first-order valence-corrected chi connectivity index (χ1v) is 4.12. The highest BCUT2D eigenvalue weighted by Crippen LogP contribution is 2.08. The lowest BCUT2D eigenvalue weighted by atomic mass is 10.1. The van der Waals surface area contributed by atoms with Crippen molar-refractivity contribution >= 4 is 5.96 Å². The van der Waals surface area contributed by atoms with Crippen molar-refractivity contribution in [1.29, 1.82) is 0 Å². The minimum atomic E-state index is 0.136. The highest BCUT2D eigenvalue weighted by atomic mass is 15.1. The number of nitrogens with two attached hydrogens (primary N) is 1. The summed E-state index contributed by atoms with van der Waals surface area (Å²) in [7, 11) is 1.65. The van der Waals surface area contributed by atoms with Gasteiger partial charge in [0.25, 0.3) is 0 Å². The van der Waals surface area contributed by atoms with Crippen molar-refractivity contribution < 1.29 is 0 Å². The molecule has 0 aliphatic heterocycles. The van der Waals surface area contributed by atoms with Gasteiger partial charge in [0.2, 0.25) is 0 Å². The second kappa shape index (κ2) is 4.45. The summed E-state index contributed by atoms with van der Waals surface area (Å²) in [6.45, 7) is 2.01. The van der Waals surface area contributed by atoms with Gasteiger partial charge in [0, 0.05) is 19.4 Å². The molecular weight excluding hydrogens is 164 g/mol. The van der Waals surface area contributed by atoms with Gasteiger partial charge in [-0.05, 0) is 18.6 Å². The largest absolute Gasteiger partial charge is 0.370 e.